The van der Waals surface area contributed by atoms with Gasteiger partial charge in [-0.15, -0.1) is 12.6 Å². The van der Waals surface area contributed by atoms with Crippen LogP contribution in [0.5, 0.6) is 63.2 Å². The highest BCUT2D eigenvalue weighted by molar-refractivity contribution is 7.89. The largest absolute Gasteiger partial charge is 0.497 e. The normalized spacial score (nSPS) is 13.7. The zero-order valence-electron chi connectivity index (χ0n) is 85.5. The first kappa shape index (κ1) is 109. The number of hydrogen-bond acceptors (Lipinski definition) is 22. The topological polar surface area (TPSA) is 357 Å². The van der Waals surface area contributed by atoms with Crippen molar-refractivity contribution >= 4 is 121 Å². The number of likely N-dealkylation sites (N-methyl/N-ethyl adjacent to an activating group) is 1. The number of carbonyl (C=O) groups excluding carboxylic acids is 5. The minimum atomic E-state index is -4.12. The number of nitrogens with two attached hydrogens (primary N) is 1. The standard InChI is InChI=1S/C31H34FN3O6.C28H28FN3O5S.C28H30N2O5.C27H27FN2O3S/c1-19-24(13-20-14-27(38-4)30(28(15-20)39-5)41-31(37)33-10-11-35(2)3)23-9-8-21(32)16-26(23)25(19)17-29(36)34-18-22-7-6-12-40-22;1-16-6-5-7-20(32-16)15-31-27(33)14-23-17(2)22(21-9-8-19(29)13-24(21)23)10-18-11-25(36-3)28(38(30,34)35)26(12-18)37-4;1-17-22(11-18-12-25(33-3)28(35-5)26(13-18)34-4)21-9-8-20(32-2)14-24(21)23(17)15-27(31)30-16-19-7-6-10-29-19;1-16-21(10-17-11-24(32-3)27(34)25(12-17)33-4)20-8-7-18(28)13-23(20)22(16)14-26(31)29-15-19-6-5-9-30(19)2/h6-9,12-16H,10-11,17-18H2,1-5H3,(H,33,37)(H,34,36);5-13H,14-15H2,1-4H3,(H,31,33)(H2,30,34,35);6-14,29H,15-16H2,1-5H3,(H,30,31);5-13,34H,14-15H2,1-4H3,(H,29,31)/b24-13-;22-10-;22-11-;21-10-. The summed E-state index contributed by atoms with van der Waals surface area (Å²) < 4.78 is 134. The van der Waals surface area contributed by atoms with E-state index in [0.29, 0.717) is 105 Å². The van der Waals surface area contributed by atoms with Crippen molar-refractivity contribution in [2.45, 2.75) is 96.3 Å². The Balaban J connectivity index is 0.000000165. The van der Waals surface area contributed by atoms with Gasteiger partial charge in [-0.2, -0.15) is 0 Å². The van der Waals surface area contributed by atoms with Gasteiger partial charge in [-0.05, 0) is 352 Å². The van der Waals surface area contributed by atoms with Crippen molar-refractivity contribution in [1.82, 2.24) is 46.0 Å². The van der Waals surface area contributed by atoms with Crippen LogP contribution in [0.1, 0.15) is 149 Å². The van der Waals surface area contributed by atoms with Crippen molar-refractivity contribution in [3.05, 3.63) is 330 Å². The number of thiol groups is 1. The Kier molecular flexibility index (Phi) is 36.6. The number of aromatic amines is 1. The Bertz CT molecular complexity index is 7320. The van der Waals surface area contributed by atoms with E-state index >= 15 is 0 Å². The van der Waals surface area contributed by atoms with Crippen molar-refractivity contribution in [3.8, 4) is 63.2 Å². The number of primary sulfonamides is 1. The molecule has 0 saturated carbocycles. The van der Waals surface area contributed by atoms with E-state index in [2.05, 4.69) is 55.3 Å². The predicted molar refractivity (Wildman–Crippen MR) is 570 cm³/mol. The number of halogens is 3. The number of amides is 5. The smallest absolute Gasteiger partial charge is 0.412 e. The first-order valence-electron chi connectivity index (χ1n) is 46.9. The van der Waals surface area contributed by atoms with Crippen LogP contribution in [0.25, 0.3) is 68.9 Å². The molecule has 148 heavy (non-hydrogen) atoms. The highest BCUT2D eigenvalue weighted by atomic mass is 32.2. The van der Waals surface area contributed by atoms with E-state index < -0.39 is 21.9 Å². The van der Waals surface area contributed by atoms with Crippen LogP contribution in [0.2, 0.25) is 0 Å². The van der Waals surface area contributed by atoms with Crippen LogP contribution in [0.3, 0.4) is 0 Å². The zero-order valence-corrected chi connectivity index (χ0v) is 87.2. The summed E-state index contributed by atoms with van der Waals surface area (Å²) in [6, 6.07) is 50.6. The Morgan fingerprint density at radius 2 is 0.845 bits per heavy atom. The number of aromatic nitrogens is 3. The summed E-state index contributed by atoms with van der Waals surface area (Å²) in [5.41, 5.74) is 23.5. The third kappa shape index (κ3) is 26.4. The Morgan fingerprint density at radius 3 is 1.22 bits per heavy atom. The van der Waals surface area contributed by atoms with Gasteiger partial charge in [0.25, 0.3) is 0 Å². The summed E-state index contributed by atoms with van der Waals surface area (Å²) in [5.74, 6) is 3.35. The molecule has 0 unspecified atom stereocenters. The molecule has 4 aliphatic carbocycles. The van der Waals surface area contributed by atoms with Gasteiger partial charge < -0.3 is 97.6 Å². The van der Waals surface area contributed by atoms with Gasteiger partial charge >= 0.3 is 6.09 Å². The number of carbonyl (C=O) groups is 5. The van der Waals surface area contributed by atoms with E-state index in [4.69, 9.17) is 61.7 Å². The van der Waals surface area contributed by atoms with Gasteiger partial charge in [0.1, 0.15) is 52.0 Å². The molecule has 4 aliphatic rings. The van der Waals surface area contributed by atoms with Crippen LogP contribution in [-0.2, 0) is 62.4 Å². The van der Waals surface area contributed by atoms with Crippen LogP contribution in [-0.4, -0.2) is 156 Å². The highest BCUT2D eigenvalue weighted by Gasteiger charge is 2.34. The molecule has 0 aliphatic heterocycles. The fourth-order valence-corrected chi connectivity index (χ4v) is 18.8. The lowest BCUT2D eigenvalue weighted by Crippen LogP contribution is -2.33. The SMILES string of the molecule is COc1cc(/C=C2/C(C)=C(CC(=O)NCc3cccc(C)n3)c3cc(F)ccc32)cc(OC)c1S(N)(=O)=O.COc1cc(/C=C2/C(C)=C(CC(=O)NCc3cccn3C)c3cc(F)ccc32)cc(OC)c1S.COc1cc(/C=C2/C(C)=C(CC(=O)NCc3ccco3)c3cc(F)ccc32)cc(OC)c1OC(=O)NCCN(C)C.COc1ccc2c(c1)C(CC(=O)NCc1ccc[nH]1)=C(C)/C2=C/c1cc(OC)c(OC)c(OC)c1. The van der Waals surface area contributed by atoms with Gasteiger partial charge in [0, 0.05) is 49.6 Å². The molecule has 0 fully saturated rings. The van der Waals surface area contributed by atoms with Crippen molar-refractivity contribution < 1.29 is 102 Å². The number of aryl methyl sites for hydroxylation is 2. The molecule has 5 amide bonds. The second-order valence-electron chi connectivity index (χ2n) is 35.0. The number of H-pyrrole nitrogens is 1. The Morgan fingerprint density at radius 1 is 0.439 bits per heavy atom. The number of hydrogen-bond donors (Lipinski definition) is 8. The van der Waals surface area contributed by atoms with Crippen LogP contribution in [0.4, 0.5) is 18.0 Å². The molecule has 0 atom stereocenters. The summed E-state index contributed by atoms with van der Waals surface area (Å²) in [6.07, 6.45) is 13.0. The summed E-state index contributed by atoms with van der Waals surface area (Å²) in [7, 11) is 16.8. The van der Waals surface area contributed by atoms with Crippen molar-refractivity contribution in [3.63, 3.8) is 0 Å². The molecule has 16 rings (SSSR count). The number of allylic oxidation sites excluding steroid dienone is 8. The van der Waals surface area contributed by atoms with Crippen molar-refractivity contribution in [2.24, 2.45) is 12.2 Å². The number of pyridine rings is 1. The van der Waals surface area contributed by atoms with E-state index in [1.165, 1.54) is 77.0 Å². The van der Waals surface area contributed by atoms with Crippen LogP contribution in [0.15, 0.2) is 231 Å². The van der Waals surface area contributed by atoms with Crippen LogP contribution >= 0.6 is 12.6 Å². The molecule has 8 aromatic carbocycles. The lowest BCUT2D eigenvalue weighted by molar-refractivity contribution is -0.121. The van der Waals surface area contributed by atoms with Gasteiger partial charge in [-0.1, -0.05) is 30.3 Å². The monoisotopic (exact) mass is 2050 g/mol. The average molecular weight is 2050 g/mol. The third-order valence-corrected chi connectivity index (χ3v) is 26.6. The number of benzene rings is 8. The van der Waals surface area contributed by atoms with E-state index in [0.717, 1.165) is 134 Å². The highest BCUT2D eigenvalue weighted by Crippen LogP contribution is 2.52. The van der Waals surface area contributed by atoms with Crippen molar-refractivity contribution in [1.29, 1.82) is 0 Å². The number of furan rings is 1. The van der Waals surface area contributed by atoms with Crippen LogP contribution in [0, 0.1) is 24.4 Å². The van der Waals surface area contributed by atoms with Crippen molar-refractivity contribution in [2.75, 3.05) is 98.3 Å². The minimum absolute atomic E-state index is 0.0296. The molecule has 4 aromatic heterocycles. The molecule has 0 radical (unpaired) electrons. The zero-order chi connectivity index (χ0) is 106. The molecule has 29 nitrogen and oxygen atoms in total. The fraction of sp³-hybridized carbons (Fsp3) is 0.246. The fourth-order valence-electron chi connectivity index (χ4n) is 17.7. The Labute approximate surface area is 863 Å². The van der Waals surface area contributed by atoms with Gasteiger partial charge in [-0.25, -0.2) is 31.5 Å². The molecular weight excluding hydrogens is 1930 g/mol. The maximum Gasteiger partial charge on any atom is 0.412 e. The molecule has 34 heteroatoms. The quantitative estimate of drug-likeness (QED) is 0.0171. The molecule has 8 N–H and O–H groups in total. The summed E-state index contributed by atoms with van der Waals surface area (Å²) in [6.45, 7) is 12.2. The first-order chi connectivity index (χ1) is 71.0. The first-order valence-corrected chi connectivity index (χ1v) is 48.9. The van der Waals surface area contributed by atoms with Gasteiger partial charge in [-0.3, -0.25) is 24.2 Å². The molecule has 0 spiro atoms. The number of nitrogens with zero attached hydrogens (tertiary/aromatic N) is 3. The van der Waals surface area contributed by atoms with E-state index in [9.17, 15) is 45.6 Å². The number of ether oxygens (including phenoxy) is 11. The Hall–Kier alpha value is -16.2. The molecule has 4 heterocycles. The van der Waals surface area contributed by atoms with E-state index in [1.54, 1.807) is 91.4 Å². The minimum Gasteiger partial charge on any atom is -0.497 e. The number of sulfonamides is 1. The predicted octanol–water partition coefficient (Wildman–Crippen LogP) is 19.9. The summed E-state index contributed by atoms with van der Waals surface area (Å²) >= 11 is 4.47. The second kappa shape index (κ2) is 49.6. The summed E-state index contributed by atoms with van der Waals surface area (Å²) in [4.78, 5) is 73.5. The molecule has 0 bridgehead atoms. The van der Waals surface area contributed by atoms with Crippen LogP contribution < -0.4 is 83.8 Å². The van der Waals surface area contributed by atoms with E-state index in [-0.39, 0.29) is 96.2 Å². The summed E-state index contributed by atoms with van der Waals surface area (Å²) in [5, 5.41) is 19.8. The molecular formula is C114H119F3N10O19S2. The number of methoxy groups -OCH3 is 10. The lowest BCUT2D eigenvalue weighted by atomic mass is 10.00. The average Bonchev–Trinajstić information content (AvgIpc) is 1.63. The second-order valence-corrected chi connectivity index (χ2v) is 36.9. The lowest BCUT2D eigenvalue weighted by Gasteiger charge is -2.16. The molecule has 0 saturated heterocycles. The number of nitrogens with one attached hydrogen (secondary N) is 6. The van der Waals surface area contributed by atoms with Gasteiger partial charge in [0.15, 0.2) is 27.9 Å². The maximum atomic E-state index is 14.3. The number of fused-ring (bicyclic) bond motifs is 4. The van der Waals surface area contributed by atoms with Gasteiger partial charge in [0.2, 0.25) is 45.2 Å². The third-order valence-electron chi connectivity index (χ3n) is 25.2. The number of rotatable bonds is 35. The van der Waals surface area contributed by atoms with Gasteiger partial charge in [0.05, 0.1) is 140 Å². The van der Waals surface area contributed by atoms with E-state index in [1.807, 2.05) is 181 Å². The molecule has 772 valence electrons. The maximum absolute atomic E-state index is 14.3. The molecule has 12 aromatic rings.